The number of ketones is 1. The van der Waals surface area contributed by atoms with E-state index in [4.69, 9.17) is 0 Å². The summed E-state index contributed by atoms with van der Waals surface area (Å²) in [5, 5.41) is 4.08. The topological polar surface area (TPSA) is 80.1 Å². The van der Waals surface area contributed by atoms with Crippen molar-refractivity contribution in [3.05, 3.63) is 63.8 Å². The molecule has 0 bridgehead atoms. The molecule has 6 nitrogen and oxygen atoms in total. The van der Waals surface area contributed by atoms with Crippen molar-refractivity contribution in [2.45, 2.75) is 13.3 Å². The largest absolute Gasteiger partial charge is 0.310 e. The quantitative estimate of drug-likeness (QED) is 0.723. The molecule has 3 aromatic rings. The minimum atomic E-state index is -0.262. The molecule has 0 atom stereocenters. The number of fused-ring (bicyclic) bond motifs is 1. The van der Waals surface area contributed by atoms with Gasteiger partial charge in [0.25, 0.3) is 5.56 Å². The molecule has 0 spiro atoms. The highest BCUT2D eigenvalue weighted by atomic mass is 16.1. The van der Waals surface area contributed by atoms with Gasteiger partial charge in [0.1, 0.15) is 5.82 Å². The number of nitrogens with zero attached hydrogens (tertiary/aromatic N) is 3. The first kappa shape index (κ1) is 12.3. The SMILES string of the molecule is Cc1cc(=O)n2nc(CC(=O)c3ccccc3)[nH]c2n1. The van der Waals surface area contributed by atoms with E-state index >= 15 is 0 Å². The smallest absolute Gasteiger partial charge is 0.275 e. The Kier molecular flexibility index (Phi) is 2.90. The number of nitrogens with one attached hydrogen (secondary N) is 1. The Balaban J connectivity index is 1.94. The van der Waals surface area contributed by atoms with Gasteiger partial charge in [0.05, 0.1) is 6.42 Å². The van der Waals surface area contributed by atoms with Crippen molar-refractivity contribution in [3.63, 3.8) is 0 Å². The van der Waals surface area contributed by atoms with Gasteiger partial charge in [-0.2, -0.15) is 4.52 Å². The van der Waals surface area contributed by atoms with E-state index in [-0.39, 0.29) is 17.8 Å². The zero-order valence-corrected chi connectivity index (χ0v) is 10.8. The standard InChI is InChI=1S/C14H12N4O2/c1-9-7-13(20)18-14(15-9)16-12(17-18)8-11(19)10-5-3-2-4-6-10/h2-7H,8H2,1H3,(H,15,16,17). The summed E-state index contributed by atoms with van der Waals surface area (Å²) in [5.41, 5.74) is 0.964. The summed E-state index contributed by atoms with van der Waals surface area (Å²) in [4.78, 5) is 30.9. The highest BCUT2D eigenvalue weighted by Gasteiger charge is 2.11. The molecule has 3 rings (SSSR count). The number of Topliss-reactive ketones (excluding diaryl/α,β-unsaturated/α-hetero) is 1. The zero-order chi connectivity index (χ0) is 14.1. The predicted octanol–water partition coefficient (Wildman–Crippen LogP) is 1.15. The number of aryl methyl sites for hydroxylation is 1. The summed E-state index contributed by atoms with van der Waals surface area (Å²) in [6.07, 6.45) is 0.103. The number of rotatable bonds is 3. The van der Waals surface area contributed by atoms with E-state index in [1.54, 1.807) is 31.2 Å². The van der Waals surface area contributed by atoms with E-state index in [0.717, 1.165) is 0 Å². The van der Waals surface area contributed by atoms with Gasteiger partial charge in [-0.25, -0.2) is 4.98 Å². The first-order valence-electron chi connectivity index (χ1n) is 6.17. The maximum absolute atomic E-state index is 12.1. The summed E-state index contributed by atoms with van der Waals surface area (Å²) < 4.78 is 1.17. The predicted molar refractivity (Wildman–Crippen MR) is 72.8 cm³/mol. The van der Waals surface area contributed by atoms with Crippen LogP contribution in [0, 0.1) is 6.92 Å². The fourth-order valence-corrected chi connectivity index (χ4v) is 2.00. The Labute approximate surface area is 114 Å². The number of carbonyl (C=O) groups excluding carboxylic acids is 1. The number of H-pyrrole nitrogens is 1. The van der Waals surface area contributed by atoms with Crippen LogP contribution in [0.3, 0.4) is 0 Å². The minimum Gasteiger partial charge on any atom is -0.310 e. The fourth-order valence-electron chi connectivity index (χ4n) is 2.00. The number of hydrogen-bond acceptors (Lipinski definition) is 4. The Bertz CT molecular complexity index is 833. The van der Waals surface area contributed by atoms with Crippen LogP contribution in [0.1, 0.15) is 21.9 Å². The molecule has 1 aromatic carbocycles. The summed E-state index contributed by atoms with van der Waals surface area (Å²) in [5.74, 6) is 0.717. The van der Waals surface area contributed by atoms with Crippen LogP contribution in [0.4, 0.5) is 0 Å². The average molecular weight is 268 g/mol. The van der Waals surface area contributed by atoms with Gasteiger partial charge < -0.3 is 4.98 Å². The second-order valence-corrected chi connectivity index (χ2v) is 4.51. The van der Waals surface area contributed by atoms with Gasteiger partial charge in [0.2, 0.25) is 5.78 Å². The fraction of sp³-hybridized carbons (Fsp3) is 0.143. The molecule has 0 amide bonds. The molecule has 2 aromatic heterocycles. The van der Waals surface area contributed by atoms with Gasteiger partial charge >= 0.3 is 0 Å². The molecule has 0 aliphatic rings. The molecule has 0 aliphatic heterocycles. The third-order valence-corrected chi connectivity index (χ3v) is 2.92. The molecule has 100 valence electrons. The summed E-state index contributed by atoms with van der Waals surface area (Å²) in [6, 6.07) is 10.4. The lowest BCUT2D eigenvalue weighted by Gasteiger charge is -1.96. The van der Waals surface area contributed by atoms with Crippen LogP contribution in [0.15, 0.2) is 41.2 Å². The third-order valence-electron chi connectivity index (χ3n) is 2.92. The highest BCUT2D eigenvalue weighted by Crippen LogP contribution is 2.05. The highest BCUT2D eigenvalue weighted by molar-refractivity contribution is 5.97. The van der Waals surface area contributed by atoms with Crippen molar-refractivity contribution in [1.82, 2.24) is 19.6 Å². The van der Waals surface area contributed by atoms with Crippen molar-refractivity contribution in [2.75, 3.05) is 0 Å². The van der Waals surface area contributed by atoms with E-state index in [0.29, 0.717) is 22.9 Å². The third kappa shape index (κ3) is 2.23. The molecular formula is C14H12N4O2. The van der Waals surface area contributed by atoms with Gasteiger partial charge in [-0.3, -0.25) is 9.59 Å². The van der Waals surface area contributed by atoms with Gasteiger partial charge in [-0.1, -0.05) is 30.3 Å². The van der Waals surface area contributed by atoms with Crippen LogP contribution in [-0.4, -0.2) is 25.4 Å². The van der Waals surface area contributed by atoms with Gasteiger partial charge in [0.15, 0.2) is 5.78 Å². The lowest BCUT2D eigenvalue weighted by molar-refractivity contribution is 0.0991. The monoisotopic (exact) mass is 268 g/mol. The summed E-state index contributed by atoms with van der Waals surface area (Å²) in [6.45, 7) is 1.73. The number of benzene rings is 1. The zero-order valence-electron chi connectivity index (χ0n) is 10.8. The van der Waals surface area contributed by atoms with E-state index in [1.807, 2.05) is 6.07 Å². The molecule has 0 aliphatic carbocycles. The molecular weight excluding hydrogens is 256 g/mol. The normalized spacial score (nSPS) is 10.8. The second-order valence-electron chi connectivity index (χ2n) is 4.51. The van der Waals surface area contributed by atoms with E-state index < -0.39 is 0 Å². The lowest BCUT2D eigenvalue weighted by atomic mass is 10.1. The lowest BCUT2D eigenvalue weighted by Crippen LogP contribution is -2.14. The summed E-state index contributed by atoms with van der Waals surface area (Å²) >= 11 is 0. The van der Waals surface area contributed by atoms with Crippen LogP contribution >= 0.6 is 0 Å². The number of aromatic nitrogens is 4. The average Bonchev–Trinajstić information content (AvgIpc) is 2.82. The van der Waals surface area contributed by atoms with Crippen LogP contribution in [0.5, 0.6) is 0 Å². The molecule has 0 saturated carbocycles. The Hall–Kier alpha value is -2.76. The van der Waals surface area contributed by atoms with Crippen LogP contribution in [0.25, 0.3) is 5.78 Å². The van der Waals surface area contributed by atoms with E-state index in [2.05, 4.69) is 15.1 Å². The molecule has 0 unspecified atom stereocenters. The van der Waals surface area contributed by atoms with Crippen LogP contribution in [0.2, 0.25) is 0 Å². The van der Waals surface area contributed by atoms with Gasteiger partial charge in [-0.15, -0.1) is 5.10 Å². The minimum absolute atomic E-state index is 0.0607. The molecule has 2 heterocycles. The number of hydrogen-bond donors (Lipinski definition) is 1. The van der Waals surface area contributed by atoms with Crippen LogP contribution < -0.4 is 5.56 Å². The first-order valence-corrected chi connectivity index (χ1v) is 6.17. The number of aromatic amines is 1. The van der Waals surface area contributed by atoms with E-state index in [9.17, 15) is 9.59 Å². The number of carbonyl (C=O) groups is 1. The molecule has 0 radical (unpaired) electrons. The second kappa shape index (κ2) is 4.73. The van der Waals surface area contributed by atoms with Crippen molar-refractivity contribution < 1.29 is 4.79 Å². The molecule has 20 heavy (non-hydrogen) atoms. The van der Waals surface area contributed by atoms with Crippen LogP contribution in [-0.2, 0) is 6.42 Å². The summed E-state index contributed by atoms with van der Waals surface area (Å²) in [7, 11) is 0. The molecule has 0 fully saturated rings. The van der Waals surface area contributed by atoms with E-state index in [1.165, 1.54) is 10.6 Å². The molecule has 6 heteroatoms. The van der Waals surface area contributed by atoms with Gasteiger partial charge in [0, 0.05) is 17.3 Å². The first-order chi connectivity index (χ1) is 9.63. The molecule has 0 saturated heterocycles. The van der Waals surface area contributed by atoms with Crippen molar-refractivity contribution >= 4 is 11.6 Å². The Morgan fingerprint density at radius 2 is 2.05 bits per heavy atom. The van der Waals surface area contributed by atoms with Crippen molar-refractivity contribution in [3.8, 4) is 0 Å². The van der Waals surface area contributed by atoms with Crippen molar-refractivity contribution in [1.29, 1.82) is 0 Å². The Morgan fingerprint density at radius 3 is 2.80 bits per heavy atom. The Morgan fingerprint density at radius 1 is 1.30 bits per heavy atom. The van der Waals surface area contributed by atoms with Gasteiger partial charge in [-0.05, 0) is 6.92 Å². The van der Waals surface area contributed by atoms with Crippen molar-refractivity contribution in [2.24, 2.45) is 0 Å². The maximum Gasteiger partial charge on any atom is 0.275 e. The maximum atomic E-state index is 12.1. The molecule has 1 N–H and O–H groups in total.